The first kappa shape index (κ1) is 23.3. The molecule has 0 saturated heterocycles. The van der Waals surface area contributed by atoms with E-state index in [0.717, 1.165) is 22.7 Å². The number of ether oxygens (including phenoxy) is 1. The Morgan fingerprint density at radius 3 is 2.60 bits per heavy atom. The quantitative estimate of drug-likeness (QED) is 0.213. The van der Waals surface area contributed by atoms with Crippen molar-refractivity contribution >= 4 is 68.5 Å². The van der Waals surface area contributed by atoms with Gasteiger partial charge in [0.1, 0.15) is 16.8 Å². The van der Waals surface area contributed by atoms with E-state index in [1.807, 2.05) is 24.3 Å². The number of rotatable bonds is 6. The lowest BCUT2D eigenvalue weighted by Gasteiger charge is -2.13. The van der Waals surface area contributed by atoms with Gasteiger partial charge >= 0.3 is 0 Å². The molecule has 0 atom stereocenters. The molecule has 2 aromatic heterocycles. The molecule has 0 aliphatic rings. The van der Waals surface area contributed by atoms with Crippen LogP contribution in [0.5, 0.6) is 5.75 Å². The summed E-state index contributed by atoms with van der Waals surface area (Å²) >= 11 is 13.3. The molecule has 0 bridgehead atoms. The molecule has 1 amide bonds. The molecule has 2 heterocycles. The number of anilines is 1. The number of nitrogens with one attached hydrogen (secondary N) is 2. The maximum atomic E-state index is 13.6. The summed E-state index contributed by atoms with van der Waals surface area (Å²) in [6, 6.07) is 19.4. The van der Waals surface area contributed by atoms with Crippen molar-refractivity contribution in [1.29, 1.82) is 0 Å². The third kappa shape index (κ3) is 4.60. The normalized spacial score (nSPS) is 11.2. The lowest BCUT2D eigenvalue weighted by Crippen LogP contribution is -2.23. The average molecular weight is 525 g/mol. The van der Waals surface area contributed by atoms with Crippen molar-refractivity contribution in [2.75, 3.05) is 18.2 Å². The van der Waals surface area contributed by atoms with E-state index in [1.54, 1.807) is 42.5 Å². The number of hydrogen-bond acceptors (Lipinski definition) is 5. The highest BCUT2D eigenvalue weighted by atomic mass is 35.5. The number of para-hydroxylation sites is 1. The van der Waals surface area contributed by atoms with Crippen LogP contribution >= 0.6 is 35.0 Å². The molecule has 5 rings (SSSR count). The van der Waals surface area contributed by atoms with Crippen molar-refractivity contribution in [3.63, 3.8) is 0 Å². The number of fused-ring (bicyclic) bond motifs is 3. The Morgan fingerprint density at radius 1 is 1.09 bits per heavy atom. The largest absolute Gasteiger partial charge is 0.495 e. The maximum absolute atomic E-state index is 13.6. The molecule has 0 aliphatic carbocycles. The van der Waals surface area contributed by atoms with Crippen molar-refractivity contribution < 1.29 is 9.53 Å². The molecule has 0 aliphatic heterocycles. The van der Waals surface area contributed by atoms with Crippen molar-refractivity contribution in [2.24, 2.45) is 0 Å². The number of H-pyrrole nitrogens is 1. The number of aromatic nitrogens is 3. The number of amides is 1. The topological polar surface area (TPSA) is 89.0 Å². The smallest absolute Gasteiger partial charge is 0.283 e. The van der Waals surface area contributed by atoms with E-state index < -0.39 is 0 Å². The van der Waals surface area contributed by atoms with Crippen LogP contribution in [0.3, 0.4) is 0 Å². The van der Waals surface area contributed by atoms with E-state index in [9.17, 15) is 9.59 Å². The van der Waals surface area contributed by atoms with Gasteiger partial charge in [0, 0.05) is 20.9 Å². The zero-order valence-electron chi connectivity index (χ0n) is 18.3. The number of benzene rings is 3. The second-order valence-electron chi connectivity index (χ2n) is 7.59. The second-order valence-corrected chi connectivity index (χ2v) is 9.40. The van der Waals surface area contributed by atoms with Crippen molar-refractivity contribution in [1.82, 2.24) is 14.5 Å². The minimum Gasteiger partial charge on any atom is -0.495 e. The molecule has 2 N–H and O–H groups in total. The summed E-state index contributed by atoms with van der Waals surface area (Å²) < 4.78 is 6.77. The van der Waals surface area contributed by atoms with E-state index >= 15 is 0 Å². The lowest BCUT2D eigenvalue weighted by atomic mass is 10.2. The predicted molar refractivity (Wildman–Crippen MR) is 142 cm³/mol. The van der Waals surface area contributed by atoms with Crippen LogP contribution in [-0.4, -0.2) is 33.3 Å². The van der Waals surface area contributed by atoms with Crippen LogP contribution < -0.4 is 15.6 Å². The lowest BCUT2D eigenvalue weighted by molar-refractivity contribution is -0.113. The summed E-state index contributed by atoms with van der Waals surface area (Å²) in [5, 5.41) is 5.03. The van der Waals surface area contributed by atoms with Crippen LogP contribution in [0.2, 0.25) is 10.0 Å². The maximum Gasteiger partial charge on any atom is 0.283 e. The highest BCUT2D eigenvalue weighted by Crippen LogP contribution is 2.29. The molecular formula is C25H18Cl2N4O3S. The van der Waals surface area contributed by atoms with Gasteiger partial charge in [0.25, 0.3) is 5.56 Å². The van der Waals surface area contributed by atoms with Crippen LogP contribution in [0.15, 0.2) is 76.7 Å². The highest BCUT2D eigenvalue weighted by molar-refractivity contribution is 7.99. The number of carbonyl (C=O) groups is 1. The van der Waals surface area contributed by atoms with Crippen LogP contribution in [0.25, 0.3) is 27.6 Å². The number of aromatic amines is 1. The predicted octanol–water partition coefficient (Wildman–Crippen LogP) is 5.91. The molecule has 0 radical (unpaired) electrons. The Bertz CT molecular complexity index is 1630. The third-order valence-corrected chi connectivity index (χ3v) is 6.77. The van der Waals surface area contributed by atoms with E-state index in [2.05, 4.69) is 10.3 Å². The summed E-state index contributed by atoms with van der Waals surface area (Å²) in [5.74, 6) is 0.194. The minimum absolute atomic E-state index is 0.00353. The molecule has 3 aromatic carbocycles. The number of hydrogen-bond donors (Lipinski definition) is 2. The molecule has 0 unspecified atom stereocenters. The molecular weight excluding hydrogens is 507 g/mol. The number of halogens is 2. The average Bonchev–Trinajstić information content (AvgIpc) is 3.23. The van der Waals surface area contributed by atoms with E-state index in [1.165, 1.54) is 11.7 Å². The van der Waals surface area contributed by atoms with Crippen LogP contribution in [0.1, 0.15) is 0 Å². The standard InChI is InChI=1S/C25H18Cl2N4O3S/c1-34-20-11-8-15(27)12-19(20)28-21(32)13-35-25-30-22-17-4-2-3-5-18(17)29-23(22)24(33)31(25)16-9-6-14(26)7-10-16/h2-12,29H,13H2,1H3,(H,28,32). The van der Waals surface area contributed by atoms with Gasteiger partial charge in [-0.2, -0.15) is 0 Å². The van der Waals surface area contributed by atoms with Gasteiger partial charge in [-0.3, -0.25) is 14.2 Å². The zero-order chi connectivity index (χ0) is 24.5. The number of carbonyl (C=O) groups excluding carboxylic acids is 1. The van der Waals surface area contributed by atoms with Gasteiger partial charge in [-0.05, 0) is 48.5 Å². The molecule has 35 heavy (non-hydrogen) atoms. The van der Waals surface area contributed by atoms with Gasteiger partial charge in [-0.1, -0.05) is 53.2 Å². The summed E-state index contributed by atoms with van der Waals surface area (Å²) in [6.07, 6.45) is 0. The number of nitrogens with zero attached hydrogens (tertiary/aromatic N) is 2. The second kappa shape index (κ2) is 9.65. The minimum atomic E-state index is -0.300. The summed E-state index contributed by atoms with van der Waals surface area (Å²) in [4.78, 5) is 34.3. The SMILES string of the molecule is COc1ccc(Cl)cc1NC(=O)CSc1nc2c([nH]c3ccccc32)c(=O)n1-c1ccc(Cl)cc1. The zero-order valence-corrected chi connectivity index (χ0v) is 20.7. The Balaban J connectivity index is 1.54. The van der Waals surface area contributed by atoms with Crippen LogP contribution in [-0.2, 0) is 4.79 Å². The van der Waals surface area contributed by atoms with Crippen molar-refractivity contribution in [2.45, 2.75) is 5.16 Å². The summed E-state index contributed by atoms with van der Waals surface area (Å²) in [7, 11) is 1.51. The monoisotopic (exact) mass is 524 g/mol. The fourth-order valence-electron chi connectivity index (χ4n) is 3.75. The molecule has 0 saturated carbocycles. The first-order valence-electron chi connectivity index (χ1n) is 10.5. The molecule has 10 heteroatoms. The number of thioether (sulfide) groups is 1. The van der Waals surface area contributed by atoms with E-state index in [4.69, 9.17) is 32.9 Å². The number of methoxy groups -OCH3 is 1. The van der Waals surface area contributed by atoms with E-state index in [0.29, 0.717) is 43.4 Å². The molecule has 0 spiro atoms. The fourth-order valence-corrected chi connectivity index (χ4v) is 4.86. The van der Waals surface area contributed by atoms with Crippen molar-refractivity contribution in [3.05, 3.63) is 87.1 Å². The molecule has 7 nitrogen and oxygen atoms in total. The van der Waals surface area contributed by atoms with Gasteiger partial charge in [0.2, 0.25) is 5.91 Å². The van der Waals surface area contributed by atoms with Gasteiger partial charge < -0.3 is 15.0 Å². The molecule has 0 fully saturated rings. The Morgan fingerprint density at radius 2 is 1.83 bits per heavy atom. The first-order valence-corrected chi connectivity index (χ1v) is 12.2. The van der Waals surface area contributed by atoms with E-state index in [-0.39, 0.29) is 17.2 Å². The van der Waals surface area contributed by atoms with Gasteiger partial charge in [-0.15, -0.1) is 0 Å². The Kier molecular flexibility index (Phi) is 6.42. The van der Waals surface area contributed by atoms with Crippen LogP contribution in [0, 0.1) is 0 Å². The summed E-state index contributed by atoms with van der Waals surface area (Å²) in [5.41, 5.74) is 2.53. The molecule has 5 aromatic rings. The Labute approximate surface area is 214 Å². The van der Waals surface area contributed by atoms with Gasteiger partial charge in [0.05, 0.1) is 24.2 Å². The summed E-state index contributed by atoms with van der Waals surface area (Å²) in [6.45, 7) is 0. The fraction of sp³-hybridized carbons (Fsp3) is 0.0800. The highest BCUT2D eigenvalue weighted by Gasteiger charge is 2.18. The first-order chi connectivity index (χ1) is 16.9. The molecule has 176 valence electrons. The Hall–Kier alpha value is -3.46. The third-order valence-electron chi connectivity index (χ3n) is 5.35. The van der Waals surface area contributed by atoms with Gasteiger partial charge in [0.15, 0.2) is 5.16 Å². The van der Waals surface area contributed by atoms with Gasteiger partial charge in [-0.25, -0.2) is 4.98 Å². The van der Waals surface area contributed by atoms with Crippen LogP contribution in [0.4, 0.5) is 5.69 Å². The van der Waals surface area contributed by atoms with Crippen molar-refractivity contribution in [3.8, 4) is 11.4 Å².